The Morgan fingerprint density at radius 3 is 2.15 bits per heavy atom. The second-order valence-electron chi connectivity index (χ2n) is 5.96. The van der Waals surface area contributed by atoms with Crippen molar-refractivity contribution in [3.63, 3.8) is 0 Å². The molecule has 144 valence electrons. The van der Waals surface area contributed by atoms with Gasteiger partial charge in [-0.3, -0.25) is 9.59 Å². The van der Waals surface area contributed by atoms with Crippen molar-refractivity contribution in [2.24, 2.45) is 0 Å². The molecular weight excluding hydrogens is 387 g/mol. The van der Waals surface area contributed by atoms with Gasteiger partial charge in [-0.2, -0.15) is 0 Å². The van der Waals surface area contributed by atoms with Crippen LogP contribution in [0.5, 0.6) is 5.75 Å². The summed E-state index contributed by atoms with van der Waals surface area (Å²) in [6, 6.07) is 13.3. The zero-order valence-corrected chi connectivity index (χ0v) is 16.8. The van der Waals surface area contributed by atoms with Gasteiger partial charge < -0.3 is 15.0 Å². The normalized spacial score (nSPS) is 11.6. The average molecular weight is 409 g/mol. The highest BCUT2D eigenvalue weighted by Gasteiger charge is 2.26. The SMILES string of the molecule is CCNC(=O)[C@@H](C)N(Cc1ccc(Cl)cc1)C(=O)COc1ccc(Cl)cc1. The van der Waals surface area contributed by atoms with Crippen LogP contribution in [0.2, 0.25) is 10.0 Å². The van der Waals surface area contributed by atoms with Gasteiger partial charge in [-0.15, -0.1) is 0 Å². The van der Waals surface area contributed by atoms with Crippen molar-refractivity contribution in [3.8, 4) is 5.75 Å². The van der Waals surface area contributed by atoms with E-state index in [0.717, 1.165) is 5.56 Å². The van der Waals surface area contributed by atoms with Crippen molar-refractivity contribution >= 4 is 35.0 Å². The lowest BCUT2D eigenvalue weighted by molar-refractivity contribution is -0.142. The van der Waals surface area contributed by atoms with Gasteiger partial charge in [0.25, 0.3) is 5.91 Å². The molecule has 5 nitrogen and oxygen atoms in total. The molecule has 0 aliphatic heterocycles. The molecule has 0 fully saturated rings. The van der Waals surface area contributed by atoms with Crippen LogP contribution in [0, 0.1) is 0 Å². The lowest BCUT2D eigenvalue weighted by Crippen LogP contribution is -2.49. The van der Waals surface area contributed by atoms with Crippen LogP contribution in [0.15, 0.2) is 48.5 Å². The van der Waals surface area contributed by atoms with E-state index >= 15 is 0 Å². The number of ether oxygens (including phenoxy) is 1. The van der Waals surface area contributed by atoms with Crippen molar-refractivity contribution in [3.05, 3.63) is 64.1 Å². The Morgan fingerprint density at radius 2 is 1.59 bits per heavy atom. The van der Waals surface area contributed by atoms with E-state index in [1.165, 1.54) is 4.90 Å². The van der Waals surface area contributed by atoms with Gasteiger partial charge in [0, 0.05) is 23.1 Å². The molecule has 0 aliphatic rings. The number of benzene rings is 2. The molecule has 1 N–H and O–H groups in total. The van der Waals surface area contributed by atoms with Crippen molar-refractivity contribution in [2.45, 2.75) is 26.4 Å². The molecular formula is C20H22Cl2N2O3. The van der Waals surface area contributed by atoms with Crippen LogP contribution in [-0.2, 0) is 16.1 Å². The summed E-state index contributed by atoms with van der Waals surface area (Å²) < 4.78 is 5.55. The van der Waals surface area contributed by atoms with Gasteiger partial charge in [0.15, 0.2) is 6.61 Å². The first kappa shape index (κ1) is 21.1. The first-order chi connectivity index (χ1) is 12.9. The highest BCUT2D eigenvalue weighted by molar-refractivity contribution is 6.30. The first-order valence-corrected chi connectivity index (χ1v) is 9.36. The van der Waals surface area contributed by atoms with E-state index in [4.69, 9.17) is 27.9 Å². The number of halogens is 2. The zero-order chi connectivity index (χ0) is 19.8. The first-order valence-electron chi connectivity index (χ1n) is 8.60. The molecule has 0 saturated heterocycles. The third kappa shape index (κ3) is 6.45. The molecule has 2 aromatic rings. The number of rotatable bonds is 8. The van der Waals surface area contributed by atoms with Crippen LogP contribution in [0.4, 0.5) is 0 Å². The fraction of sp³-hybridized carbons (Fsp3) is 0.300. The molecule has 0 unspecified atom stereocenters. The number of carbonyl (C=O) groups excluding carboxylic acids is 2. The predicted octanol–water partition coefficient (Wildman–Crippen LogP) is 3.93. The molecule has 0 aromatic heterocycles. The summed E-state index contributed by atoms with van der Waals surface area (Å²) in [7, 11) is 0. The summed E-state index contributed by atoms with van der Waals surface area (Å²) in [5.74, 6) is 0.0230. The molecule has 2 rings (SSSR count). The minimum Gasteiger partial charge on any atom is -0.484 e. The molecule has 0 saturated carbocycles. The highest BCUT2D eigenvalue weighted by Crippen LogP contribution is 2.17. The van der Waals surface area contributed by atoms with Crippen LogP contribution in [-0.4, -0.2) is 35.9 Å². The number of hydrogen-bond donors (Lipinski definition) is 1. The van der Waals surface area contributed by atoms with Gasteiger partial charge >= 0.3 is 0 Å². The zero-order valence-electron chi connectivity index (χ0n) is 15.2. The van der Waals surface area contributed by atoms with Crippen LogP contribution in [0.25, 0.3) is 0 Å². The highest BCUT2D eigenvalue weighted by atomic mass is 35.5. The third-order valence-electron chi connectivity index (χ3n) is 3.96. The molecule has 7 heteroatoms. The molecule has 2 aromatic carbocycles. The Labute approximate surface area is 169 Å². The number of amides is 2. The molecule has 1 atom stereocenters. The molecule has 27 heavy (non-hydrogen) atoms. The second-order valence-corrected chi connectivity index (χ2v) is 6.83. The molecule has 0 bridgehead atoms. The summed E-state index contributed by atoms with van der Waals surface area (Å²) in [4.78, 5) is 26.5. The van der Waals surface area contributed by atoms with Gasteiger partial charge in [-0.25, -0.2) is 0 Å². The Bertz CT molecular complexity index is 764. The number of carbonyl (C=O) groups is 2. The summed E-state index contributed by atoms with van der Waals surface area (Å²) in [5, 5.41) is 3.94. The molecule has 0 heterocycles. The van der Waals surface area contributed by atoms with Gasteiger partial charge in [-0.1, -0.05) is 35.3 Å². The van der Waals surface area contributed by atoms with E-state index in [1.54, 1.807) is 43.3 Å². The van der Waals surface area contributed by atoms with E-state index in [-0.39, 0.29) is 25.0 Å². The maximum Gasteiger partial charge on any atom is 0.261 e. The standard InChI is InChI=1S/C20H22Cl2N2O3/c1-3-23-20(26)14(2)24(12-15-4-6-16(21)7-5-15)19(25)13-27-18-10-8-17(22)9-11-18/h4-11,14H,3,12-13H2,1-2H3,(H,23,26)/t14-/m1/s1. The van der Waals surface area contributed by atoms with Crippen LogP contribution in [0.3, 0.4) is 0 Å². The fourth-order valence-corrected chi connectivity index (χ4v) is 2.70. The Morgan fingerprint density at radius 1 is 1.04 bits per heavy atom. The van der Waals surface area contributed by atoms with Crippen LogP contribution < -0.4 is 10.1 Å². The lowest BCUT2D eigenvalue weighted by atomic mass is 10.1. The number of nitrogens with zero attached hydrogens (tertiary/aromatic N) is 1. The van der Waals surface area contributed by atoms with Crippen LogP contribution in [0.1, 0.15) is 19.4 Å². The minimum atomic E-state index is -0.637. The fourth-order valence-electron chi connectivity index (χ4n) is 2.45. The second kappa shape index (κ2) is 10.2. The van der Waals surface area contributed by atoms with Gasteiger partial charge in [0.05, 0.1) is 0 Å². The summed E-state index contributed by atoms with van der Waals surface area (Å²) in [5.41, 5.74) is 0.871. The van der Waals surface area contributed by atoms with Crippen molar-refractivity contribution in [2.75, 3.05) is 13.2 Å². The van der Waals surface area contributed by atoms with Crippen molar-refractivity contribution in [1.29, 1.82) is 0 Å². The Hall–Kier alpha value is -2.24. The van der Waals surface area contributed by atoms with Gasteiger partial charge in [0.2, 0.25) is 5.91 Å². The third-order valence-corrected chi connectivity index (χ3v) is 4.46. The number of likely N-dealkylation sites (N-methyl/N-ethyl adjacent to an activating group) is 1. The van der Waals surface area contributed by atoms with E-state index in [1.807, 2.05) is 19.1 Å². The van der Waals surface area contributed by atoms with E-state index < -0.39 is 6.04 Å². The van der Waals surface area contributed by atoms with Crippen molar-refractivity contribution < 1.29 is 14.3 Å². The quantitative estimate of drug-likeness (QED) is 0.719. The topological polar surface area (TPSA) is 58.6 Å². The summed E-state index contributed by atoms with van der Waals surface area (Å²) in [6.07, 6.45) is 0. The van der Waals surface area contributed by atoms with E-state index in [2.05, 4.69) is 5.32 Å². The smallest absolute Gasteiger partial charge is 0.261 e. The monoisotopic (exact) mass is 408 g/mol. The molecule has 0 radical (unpaired) electrons. The van der Waals surface area contributed by atoms with Crippen LogP contribution >= 0.6 is 23.2 Å². The largest absolute Gasteiger partial charge is 0.484 e. The molecule has 2 amide bonds. The van der Waals surface area contributed by atoms with Crippen molar-refractivity contribution in [1.82, 2.24) is 10.2 Å². The van der Waals surface area contributed by atoms with E-state index in [9.17, 15) is 9.59 Å². The lowest BCUT2D eigenvalue weighted by Gasteiger charge is -2.28. The maximum absolute atomic E-state index is 12.8. The summed E-state index contributed by atoms with van der Waals surface area (Å²) >= 11 is 11.8. The summed E-state index contributed by atoms with van der Waals surface area (Å²) in [6.45, 7) is 4.12. The number of hydrogen-bond acceptors (Lipinski definition) is 3. The average Bonchev–Trinajstić information content (AvgIpc) is 2.66. The minimum absolute atomic E-state index is 0.182. The molecule has 0 spiro atoms. The molecule has 0 aliphatic carbocycles. The number of nitrogens with one attached hydrogen (secondary N) is 1. The van der Waals surface area contributed by atoms with Gasteiger partial charge in [0.1, 0.15) is 11.8 Å². The Balaban J connectivity index is 2.11. The van der Waals surface area contributed by atoms with Gasteiger partial charge in [-0.05, 0) is 55.8 Å². The van der Waals surface area contributed by atoms with E-state index in [0.29, 0.717) is 22.3 Å². The maximum atomic E-state index is 12.8. The Kier molecular flexibility index (Phi) is 7.95. The predicted molar refractivity (Wildman–Crippen MR) is 107 cm³/mol.